The van der Waals surface area contributed by atoms with E-state index in [4.69, 9.17) is 11.5 Å². The average molecular weight is 411 g/mol. The van der Waals surface area contributed by atoms with Gasteiger partial charge in [0.15, 0.2) is 0 Å². The number of nitrogens with one attached hydrogen (secondary N) is 4. The summed E-state index contributed by atoms with van der Waals surface area (Å²) in [6, 6.07) is -3.08. The highest BCUT2D eigenvalue weighted by Gasteiger charge is 2.27. The number of unbranched alkanes of at least 4 members (excludes halogenated alkanes) is 1. The summed E-state index contributed by atoms with van der Waals surface area (Å²) < 4.78 is 0. The Bertz CT molecular complexity index is 680. The summed E-state index contributed by atoms with van der Waals surface area (Å²) >= 11 is 0. The van der Waals surface area contributed by atoms with Gasteiger partial charge >= 0.3 is 5.97 Å². The molecule has 0 aliphatic heterocycles. The first kappa shape index (κ1) is 24.0. The van der Waals surface area contributed by atoms with Gasteiger partial charge in [-0.25, -0.2) is 9.78 Å². The van der Waals surface area contributed by atoms with Crippen molar-refractivity contribution in [3.63, 3.8) is 0 Å². The zero-order valence-electron chi connectivity index (χ0n) is 16.3. The Balaban J connectivity index is 2.69. The molecule has 0 radical (unpaired) electrons. The fraction of sp³-hybridized carbons (Fsp3) is 0.588. The van der Waals surface area contributed by atoms with Crippen LogP contribution in [-0.4, -0.2) is 70.0 Å². The van der Waals surface area contributed by atoms with E-state index in [0.717, 1.165) is 0 Å². The molecule has 3 atom stereocenters. The van der Waals surface area contributed by atoms with Crippen LogP contribution in [0.1, 0.15) is 31.9 Å². The zero-order chi connectivity index (χ0) is 21.8. The molecule has 162 valence electrons. The molecule has 0 fully saturated rings. The lowest BCUT2D eigenvalue weighted by atomic mass is 10.1. The lowest BCUT2D eigenvalue weighted by Crippen LogP contribution is -2.55. The van der Waals surface area contributed by atoms with Gasteiger partial charge in [-0.1, -0.05) is 0 Å². The second kappa shape index (κ2) is 12.5. The van der Waals surface area contributed by atoms with Crippen LogP contribution >= 0.6 is 0 Å². The number of aliphatic carboxylic acids is 1. The van der Waals surface area contributed by atoms with Crippen molar-refractivity contribution in [3.8, 4) is 0 Å². The van der Waals surface area contributed by atoms with E-state index in [0.29, 0.717) is 25.1 Å². The highest BCUT2D eigenvalue weighted by Crippen LogP contribution is 2.03. The quantitative estimate of drug-likeness (QED) is 0.174. The van der Waals surface area contributed by atoms with E-state index in [2.05, 4.69) is 25.9 Å². The van der Waals surface area contributed by atoms with Crippen molar-refractivity contribution in [3.05, 3.63) is 18.2 Å². The fourth-order valence-corrected chi connectivity index (χ4v) is 2.51. The zero-order valence-corrected chi connectivity index (χ0v) is 16.3. The molecule has 1 heterocycles. The summed E-state index contributed by atoms with van der Waals surface area (Å²) in [5, 5.41) is 16.6. The minimum Gasteiger partial charge on any atom is -0.480 e. The number of carboxylic acid groups (broad SMARTS) is 1. The number of nitrogens with two attached hydrogens (primary N) is 2. The number of hydrogen-bond acceptors (Lipinski definition) is 7. The Hall–Kier alpha value is -2.99. The summed E-state index contributed by atoms with van der Waals surface area (Å²) in [6.45, 7) is 1.55. The van der Waals surface area contributed by atoms with Crippen LogP contribution in [0, 0.1) is 0 Å². The number of aromatic amines is 1. The molecule has 0 aliphatic carbocycles. The molecule has 3 unspecified atom stereocenters. The molecule has 0 saturated carbocycles. The van der Waals surface area contributed by atoms with Crippen molar-refractivity contribution in [1.82, 2.24) is 25.9 Å². The number of carbonyl (C=O) groups is 4. The molecule has 1 aromatic heterocycles. The summed E-state index contributed by atoms with van der Waals surface area (Å²) in [4.78, 5) is 54.5. The second-order valence-electron chi connectivity index (χ2n) is 6.52. The number of carboxylic acids is 1. The summed E-state index contributed by atoms with van der Waals surface area (Å²) in [7, 11) is 0. The van der Waals surface area contributed by atoms with E-state index >= 15 is 0 Å². The van der Waals surface area contributed by atoms with E-state index in [1.165, 1.54) is 19.4 Å². The Morgan fingerprint density at radius 1 is 1.10 bits per heavy atom. The lowest BCUT2D eigenvalue weighted by molar-refractivity contribution is -0.142. The Morgan fingerprint density at radius 3 is 2.38 bits per heavy atom. The maximum Gasteiger partial charge on any atom is 0.326 e. The van der Waals surface area contributed by atoms with Crippen molar-refractivity contribution in [2.45, 2.75) is 50.7 Å². The van der Waals surface area contributed by atoms with Crippen LogP contribution in [0.2, 0.25) is 0 Å². The summed E-state index contributed by atoms with van der Waals surface area (Å²) in [5.74, 6) is -2.96. The average Bonchev–Trinajstić information content (AvgIpc) is 3.19. The lowest BCUT2D eigenvalue weighted by Gasteiger charge is -2.22. The maximum atomic E-state index is 12.6. The SMILES string of the molecule is CC(NC(=O)C(Cc1cnc[nH]1)NC(=O)CN)C(=O)NC(CCCCN)C(=O)O. The minimum atomic E-state index is -1.17. The van der Waals surface area contributed by atoms with Crippen molar-refractivity contribution in [2.75, 3.05) is 13.1 Å². The van der Waals surface area contributed by atoms with E-state index in [9.17, 15) is 24.3 Å². The summed E-state index contributed by atoms with van der Waals surface area (Å²) in [6.07, 6.45) is 4.47. The van der Waals surface area contributed by atoms with Gasteiger partial charge < -0.3 is 37.5 Å². The molecule has 3 amide bonds. The van der Waals surface area contributed by atoms with E-state index in [1.54, 1.807) is 0 Å². The van der Waals surface area contributed by atoms with Crippen LogP contribution in [0.3, 0.4) is 0 Å². The molecule has 0 bridgehead atoms. The van der Waals surface area contributed by atoms with E-state index in [-0.39, 0.29) is 19.4 Å². The molecule has 12 nitrogen and oxygen atoms in total. The Kier molecular flexibility index (Phi) is 10.3. The first-order valence-corrected chi connectivity index (χ1v) is 9.28. The number of carbonyl (C=O) groups excluding carboxylic acids is 3. The van der Waals surface area contributed by atoms with E-state index < -0.39 is 41.8 Å². The Labute approximate surface area is 168 Å². The molecule has 1 rings (SSSR count). The molecule has 0 spiro atoms. The number of imidazole rings is 1. The molecular weight excluding hydrogens is 382 g/mol. The standard InChI is InChI=1S/C17H29N7O5/c1-10(15(26)24-12(17(28)29)4-2-3-5-18)22-16(27)13(23-14(25)7-19)6-11-8-20-9-21-11/h8-10,12-13H,2-7,18-19H2,1H3,(H,20,21)(H,22,27)(H,23,25)(H,24,26)(H,28,29). The van der Waals surface area contributed by atoms with Gasteiger partial charge in [0.25, 0.3) is 0 Å². The number of amides is 3. The molecule has 12 heteroatoms. The van der Waals surface area contributed by atoms with Gasteiger partial charge in [-0.05, 0) is 32.7 Å². The van der Waals surface area contributed by atoms with Crippen LogP contribution < -0.4 is 27.4 Å². The fourth-order valence-electron chi connectivity index (χ4n) is 2.51. The second-order valence-corrected chi connectivity index (χ2v) is 6.52. The Morgan fingerprint density at radius 2 is 1.83 bits per heavy atom. The van der Waals surface area contributed by atoms with Crippen LogP contribution in [-0.2, 0) is 25.6 Å². The smallest absolute Gasteiger partial charge is 0.326 e. The van der Waals surface area contributed by atoms with Gasteiger partial charge in [-0.15, -0.1) is 0 Å². The van der Waals surface area contributed by atoms with E-state index in [1.807, 2.05) is 0 Å². The molecule has 1 aromatic rings. The topological polar surface area (TPSA) is 205 Å². The highest BCUT2D eigenvalue weighted by molar-refractivity contribution is 5.93. The third kappa shape index (κ3) is 8.70. The first-order chi connectivity index (χ1) is 13.8. The normalized spacial score (nSPS) is 13.8. The van der Waals surface area contributed by atoms with Gasteiger partial charge in [0, 0.05) is 18.3 Å². The number of aromatic nitrogens is 2. The first-order valence-electron chi connectivity index (χ1n) is 9.28. The van der Waals surface area contributed by atoms with Crippen LogP contribution in [0.15, 0.2) is 12.5 Å². The minimum absolute atomic E-state index is 0.114. The van der Waals surface area contributed by atoms with Crippen LogP contribution in [0.5, 0.6) is 0 Å². The van der Waals surface area contributed by atoms with Crippen LogP contribution in [0.4, 0.5) is 0 Å². The third-order valence-corrected chi connectivity index (χ3v) is 4.13. The van der Waals surface area contributed by atoms with Crippen molar-refractivity contribution in [2.24, 2.45) is 11.5 Å². The maximum absolute atomic E-state index is 12.6. The third-order valence-electron chi connectivity index (χ3n) is 4.13. The number of rotatable bonds is 13. The number of nitrogens with zero attached hydrogens (tertiary/aromatic N) is 1. The van der Waals surface area contributed by atoms with Crippen molar-refractivity contribution in [1.29, 1.82) is 0 Å². The molecule has 9 N–H and O–H groups in total. The van der Waals surface area contributed by atoms with Gasteiger partial charge in [0.1, 0.15) is 18.1 Å². The van der Waals surface area contributed by atoms with Gasteiger partial charge in [-0.2, -0.15) is 0 Å². The van der Waals surface area contributed by atoms with Crippen LogP contribution in [0.25, 0.3) is 0 Å². The molecule has 0 aliphatic rings. The molecule has 29 heavy (non-hydrogen) atoms. The number of H-pyrrole nitrogens is 1. The van der Waals surface area contributed by atoms with Gasteiger partial charge in [-0.3, -0.25) is 14.4 Å². The number of hydrogen-bond donors (Lipinski definition) is 7. The molecule has 0 saturated heterocycles. The van der Waals surface area contributed by atoms with Gasteiger partial charge in [0.2, 0.25) is 17.7 Å². The largest absolute Gasteiger partial charge is 0.480 e. The van der Waals surface area contributed by atoms with Crippen molar-refractivity contribution < 1.29 is 24.3 Å². The van der Waals surface area contributed by atoms with Gasteiger partial charge in [0.05, 0.1) is 12.9 Å². The molecule has 0 aromatic carbocycles. The predicted octanol–water partition coefficient (Wildman–Crippen LogP) is -2.40. The predicted molar refractivity (Wildman–Crippen MR) is 103 cm³/mol. The summed E-state index contributed by atoms with van der Waals surface area (Å²) in [5.41, 5.74) is 11.3. The molecular formula is C17H29N7O5. The monoisotopic (exact) mass is 411 g/mol. The van der Waals surface area contributed by atoms with Crippen molar-refractivity contribution >= 4 is 23.7 Å². The highest BCUT2D eigenvalue weighted by atomic mass is 16.4.